The lowest BCUT2D eigenvalue weighted by molar-refractivity contribution is -0.384. The number of hydrogen-bond donors (Lipinski definition) is 3. The molecule has 1 heterocycles. The van der Waals surface area contributed by atoms with Crippen molar-refractivity contribution < 1.29 is 14.5 Å². The van der Waals surface area contributed by atoms with Gasteiger partial charge in [-0.25, -0.2) is 0 Å². The summed E-state index contributed by atoms with van der Waals surface area (Å²) < 4.78 is 0. The van der Waals surface area contributed by atoms with Crippen molar-refractivity contribution in [3.63, 3.8) is 0 Å². The van der Waals surface area contributed by atoms with Crippen LogP contribution < -0.4 is 16.0 Å². The van der Waals surface area contributed by atoms with Gasteiger partial charge in [-0.15, -0.1) is 0 Å². The number of amides is 2. The van der Waals surface area contributed by atoms with Gasteiger partial charge in [-0.2, -0.15) is 0 Å². The number of nitrogens with zero attached hydrogens (tertiary/aromatic N) is 1. The quantitative estimate of drug-likeness (QED) is 0.501. The van der Waals surface area contributed by atoms with Crippen LogP contribution in [-0.4, -0.2) is 35.4 Å². The summed E-state index contributed by atoms with van der Waals surface area (Å²) in [6.07, 6.45) is 2.02. The molecule has 0 radical (unpaired) electrons. The molecule has 0 aromatic heterocycles. The van der Waals surface area contributed by atoms with E-state index in [-0.39, 0.29) is 23.5 Å². The van der Waals surface area contributed by atoms with E-state index in [1.54, 1.807) is 0 Å². The molecule has 3 rings (SSSR count). The molecular weight excluding hydrogens is 360 g/mol. The SMILES string of the molecule is O=C(N[C@@H](Cc1ccccc1)C(=O)Nc1ccc([N+](=O)[O-])cc1)[C@@H]1CCCN1. The molecule has 2 aromatic rings. The number of nitro groups is 1. The van der Waals surface area contributed by atoms with Gasteiger partial charge in [0.25, 0.3) is 5.69 Å². The van der Waals surface area contributed by atoms with Gasteiger partial charge in [0.05, 0.1) is 11.0 Å². The zero-order chi connectivity index (χ0) is 19.9. The minimum atomic E-state index is -0.757. The average Bonchev–Trinajstić information content (AvgIpc) is 3.23. The molecule has 1 aliphatic rings. The lowest BCUT2D eigenvalue weighted by atomic mass is 10.0. The van der Waals surface area contributed by atoms with E-state index in [0.717, 1.165) is 24.9 Å². The second-order valence-electron chi connectivity index (χ2n) is 6.69. The summed E-state index contributed by atoms with van der Waals surface area (Å²) in [7, 11) is 0. The first-order valence-corrected chi connectivity index (χ1v) is 9.16. The summed E-state index contributed by atoms with van der Waals surface area (Å²) in [5.41, 5.74) is 1.30. The molecule has 1 fully saturated rings. The van der Waals surface area contributed by atoms with E-state index in [2.05, 4.69) is 16.0 Å². The average molecular weight is 382 g/mol. The summed E-state index contributed by atoms with van der Waals surface area (Å²) >= 11 is 0. The minimum absolute atomic E-state index is 0.0561. The third kappa shape index (κ3) is 5.14. The van der Waals surface area contributed by atoms with Crippen LogP contribution in [0.5, 0.6) is 0 Å². The van der Waals surface area contributed by atoms with Crippen LogP contribution in [0.2, 0.25) is 0 Å². The molecule has 146 valence electrons. The highest BCUT2D eigenvalue weighted by molar-refractivity contribution is 5.98. The highest BCUT2D eigenvalue weighted by Crippen LogP contribution is 2.16. The van der Waals surface area contributed by atoms with E-state index in [1.165, 1.54) is 24.3 Å². The van der Waals surface area contributed by atoms with Crippen LogP contribution >= 0.6 is 0 Å². The van der Waals surface area contributed by atoms with Gasteiger partial charge in [-0.1, -0.05) is 30.3 Å². The summed E-state index contributed by atoms with van der Waals surface area (Å²) in [6.45, 7) is 0.788. The Morgan fingerprint density at radius 3 is 2.46 bits per heavy atom. The number of benzene rings is 2. The summed E-state index contributed by atoms with van der Waals surface area (Å²) in [5, 5.41) is 19.4. The Hall–Kier alpha value is -3.26. The van der Waals surface area contributed by atoms with Gasteiger partial charge in [0, 0.05) is 24.2 Å². The molecule has 0 spiro atoms. The van der Waals surface area contributed by atoms with Crippen LogP contribution in [-0.2, 0) is 16.0 Å². The van der Waals surface area contributed by atoms with Crippen LogP contribution in [0.25, 0.3) is 0 Å². The van der Waals surface area contributed by atoms with Crippen molar-refractivity contribution in [3.8, 4) is 0 Å². The monoisotopic (exact) mass is 382 g/mol. The van der Waals surface area contributed by atoms with Gasteiger partial charge in [-0.3, -0.25) is 19.7 Å². The first-order chi connectivity index (χ1) is 13.5. The van der Waals surface area contributed by atoms with E-state index in [0.29, 0.717) is 12.1 Å². The van der Waals surface area contributed by atoms with Crippen molar-refractivity contribution in [1.29, 1.82) is 0 Å². The van der Waals surface area contributed by atoms with Crippen molar-refractivity contribution in [2.24, 2.45) is 0 Å². The zero-order valence-corrected chi connectivity index (χ0v) is 15.3. The number of hydrogen-bond acceptors (Lipinski definition) is 5. The lowest BCUT2D eigenvalue weighted by Gasteiger charge is -2.21. The molecule has 1 aliphatic heterocycles. The zero-order valence-electron chi connectivity index (χ0n) is 15.3. The smallest absolute Gasteiger partial charge is 0.269 e. The first kappa shape index (κ1) is 19.5. The number of carbonyl (C=O) groups excluding carboxylic acids is 2. The molecule has 28 heavy (non-hydrogen) atoms. The Labute approximate surface area is 162 Å². The summed E-state index contributed by atoms with van der Waals surface area (Å²) in [5.74, 6) is -0.568. The van der Waals surface area contributed by atoms with Crippen LogP contribution in [0.3, 0.4) is 0 Å². The molecule has 0 aliphatic carbocycles. The second kappa shape index (κ2) is 9.09. The first-order valence-electron chi connectivity index (χ1n) is 9.16. The Morgan fingerprint density at radius 2 is 1.86 bits per heavy atom. The van der Waals surface area contributed by atoms with Gasteiger partial charge < -0.3 is 16.0 Å². The molecule has 0 saturated carbocycles. The number of rotatable bonds is 7. The van der Waals surface area contributed by atoms with E-state index in [9.17, 15) is 19.7 Å². The largest absolute Gasteiger partial charge is 0.343 e. The molecule has 0 unspecified atom stereocenters. The number of nitrogens with one attached hydrogen (secondary N) is 3. The summed E-state index contributed by atoms with van der Waals surface area (Å²) in [6, 6.07) is 14.0. The fourth-order valence-corrected chi connectivity index (χ4v) is 3.14. The van der Waals surface area contributed by atoms with Gasteiger partial charge in [0.1, 0.15) is 6.04 Å². The highest BCUT2D eigenvalue weighted by atomic mass is 16.6. The van der Waals surface area contributed by atoms with Crippen LogP contribution in [0.1, 0.15) is 18.4 Å². The van der Waals surface area contributed by atoms with E-state index < -0.39 is 11.0 Å². The molecular formula is C20H22N4O4. The Morgan fingerprint density at radius 1 is 1.14 bits per heavy atom. The third-order valence-corrected chi connectivity index (χ3v) is 4.64. The molecule has 8 nitrogen and oxygen atoms in total. The maximum Gasteiger partial charge on any atom is 0.269 e. The Kier molecular flexibility index (Phi) is 6.33. The Balaban J connectivity index is 1.71. The van der Waals surface area contributed by atoms with E-state index in [1.807, 2.05) is 30.3 Å². The normalized spacial score (nSPS) is 16.9. The molecule has 1 saturated heterocycles. The van der Waals surface area contributed by atoms with Crippen molar-refractivity contribution in [2.45, 2.75) is 31.3 Å². The predicted molar refractivity (Wildman–Crippen MR) is 105 cm³/mol. The van der Waals surface area contributed by atoms with Crippen molar-refractivity contribution in [2.75, 3.05) is 11.9 Å². The minimum Gasteiger partial charge on any atom is -0.343 e. The topological polar surface area (TPSA) is 113 Å². The lowest BCUT2D eigenvalue weighted by Crippen LogP contribution is -2.50. The van der Waals surface area contributed by atoms with Crippen molar-refractivity contribution >= 4 is 23.2 Å². The van der Waals surface area contributed by atoms with E-state index in [4.69, 9.17) is 0 Å². The number of carbonyl (C=O) groups is 2. The Bertz CT molecular complexity index is 833. The van der Waals surface area contributed by atoms with Gasteiger partial charge >= 0.3 is 0 Å². The highest BCUT2D eigenvalue weighted by Gasteiger charge is 2.27. The predicted octanol–water partition coefficient (Wildman–Crippen LogP) is 2.01. The molecule has 0 bridgehead atoms. The number of non-ortho nitro benzene ring substituents is 1. The number of anilines is 1. The fourth-order valence-electron chi connectivity index (χ4n) is 3.14. The van der Waals surface area contributed by atoms with Crippen LogP contribution in [0.4, 0.5) is 11.4 Å². The summed E-state index contributed by atoms with van der Waals surface area (Å²) in [4.78, 5) is 35.6. The number of nitro benzene ring substituents is 1. The van der Waals surface area contributed by atoms with E-state index >= 15 is 0 Å². The molecule has 2 atom stereocenters. The third-order valence-electron chi connectivity index (χ3n) is 4.64. The fraction of sp³-hybridized carbons (Fsp3) is 0.300. The van der Waals surface area contributed by atoms with Crippen molar-refractivity contribution in [1.82, 2.24) is 10.6 Å². The van der Waals surface area contributed by atoms with Gasteiger partial charge in [0.2, 0.25) is 11.8 Å². The molecule has 2 aromatic carbocycles. The van der Waals surface area contributed by atoms with Gasteiger partial charge in [0.15, 0.2) is 0 Å². The van der Waals surface area contributed by atoms with Gasteiger partial charge in [-0.05, 0) is 37.1 Å². The maximum atomic E-state index is 12.8. The molecule has 8 heteroatoms. The van der Waals surface area contributed by atoms with Crippen LogP contribution in [0.15, 0.2) is 54.6 Å². The van der Waals surface area contributed by atoms with Crippen LogP contribution in [0, 0.1) is 10.1 Å². The molecule has 3 N–H and O–H groups in total. The molecule has 2 amide bonds. The standard InChI is InChI=1S/C20H22N4O4/c25-19(17-7-4-12-21-17)23-18(13-14-5-2-1-3-6-14)20(26)22-15-8-10-16(11-9-15)24(27)28/h1-3,5-6,8-11,17-18,21H,4,7,12-13H2,(H,22,26)(H,23,25)/t17-,18-/m0/s1. The maximum absolute atomic E-state index is 12.8. The second-order valence-corrected chi connectivity index (χ2v) is 6.69. The van der Waals surface area contributed by atoms with Crippen molar-refractivity contribution in [3.05, 3.63) is 70.3 Å².